The van der Waals surface area contributed by atoms with E-state index >= 15 is 0 Å². The Kier molecular flexibility index (Phi) is 3.96. The molecule has 1 aliphatic heterocycles. The Morgan fingerprint density at radius 3 is 2.56 bits per heavy atom. The first kappa shape index (κ1) is 13.4. The van der Waals surface area contributed by atoms with Crippen molar-refractivity contribution in [2.24, 2.45) is 5.41 Å². The summed E-state index contributed by atoms with van der Waals surface area (Å²) in [6.07, 6.45) is 0.592. The monoisotopic (exact) mass is 249 g/mol. The number of carbonyl (C=O) groups is 1. The fourth-order valence-electron chi connectivity index (χ4n) is 1.83. The highest BCUT2D eigenvalue weighted by Gasteiger charge is 2.40. The molecule has 0 aromatic rings. The molecule has 16 heavy (non-hydrogen) atoms. The van der Waals surface area contributed by atoms with Gasteiger partial charge in [-0.2, -0.15) is 0 Å². The van der Waals surface area contributed by atoms with Crippen LogP contribution in [-0.2, 0) is 14.6 Å². The van der Waals surface area contributed by atoms with Crippen molar-refractivity contribution in [1.82, 2.24) is 4.90 Å². The van der Waals surface area contributed by atoms with Gasteiger partial charge in [0.1, 0.15) is 0 Å². The molecule has 0 bridgehead atoms. The molecule has 1 fully saturated rings. The molecule has 1 unspecified atom stereocenters. The SMILES string of the molecule is CCS(=O)(=O)CCN1CCC(C)(C(=O)O)C1. The normalized spacial score (nSPS) is 27.1. The number of nitrogens with zero attached hydrogens (tertiary/aromatic N) is 1. The summed E-state index contributed by atoms with van der Waals surface area (Å²) < 4.78 is 22.6. The molecular formula is C10H19NO4S. The summed E-state index contributed by atoms with van der Waals surface area (Å²) in [7, 11) is -2.95. The van der Waals surface area contributed by atoms with Gasteiger partial charge in [-0.15, -0.1) is 0 Å². The van der Waals surface area contributed by atoms with Gasteiger partial charge in [-0.05, 0) is 19.9 Å². The lowest BCUT2D eigenvalue weighted by Crippen LogP contribution is -2.34. The van der Waals surface area contributed by atoms with E-state index < -0.39 is 21.2 Å². The highest BCUT2D eigenvalue weighted by atomic mass is 32.2. The van der Waals surface area contributed by atoms with E-state index in [9.17, 15) is 13.2 Å². The van der Waals surface area contributed by atoms with E-state index in [0.717, 1.165) is 0 Å². The minimum atomic E-state index is -2.95. The van der Waals surface area contributed by atoms with Crippen molar-refractivity contribution < 1.29 is 18.3 Å². The van der Waals surface area contributed by atoms with Crippen molar-refractivity contribution in [2.45, 2.75) is 20.3 Å². The standard InChI is InChI=1S/C10H19NO4S/c1-3-16(14,15)7-6-11-5-4-10(2,8-11)9(12)13/h3-8H2,1-2H3,(H,12,13). The summed E-state index contributed by atoms with van der Waals surface area (Å²) in [4.78, 5) is 12.9. The number of aliphatic carboxylic acids is 1. The van der Waals surface area contributed by atoms with Gasteiger partial charge in [-0.1, -0.05) is 6.92 Å². The van der Waals surface area contributed by atoms with E-state index in [2.05, 4.69) is 0 Å². The predicted molar refractivity (Wildman–Crippen MR) is 61.1 cm³/mol. The van der Waals surface area contributed by atoms with Crippen LogP contribution in [0.3, 0.4) is 0 Å². The van der Waals surface area contributed by atoms with Crippen LogP contribution in [0.25, 0.3) is 0 Å². The number of sulfone groups is 1. The third-order valence-corrected chi connectivity index (χ3v) is 4.91. The van der Waals surface area contributed by atoms with E-state index in [1.54, 1.807) is 13.8 Å². The molecule has 0 amide bonds. The molecule has 1 aliphatic rings. The second kappa shape index (κ2) is 4.71. The minimum absolute atomic E-state index is 0.124. The molecule has 0 spiro atoms. The lowest BCUT2D eigenvalue weighted by Gasteiger charge is -2.19. The zero-order valence-corrected chi connectivity index (χ0v) is 10.6. The van der Waals surface area contributed by atoms with Gasteiger partial charge in [0.25, 0.3) is 0 Å². The van der Waals surface area contributed by atoms with Gasteiger partial charge in [-0.25, -0.2) is 8.42 Å². The Morgan fingerprint density at radius 1 is 1.50 bits per heavy atom. The Morgan fingerprint density at radius 2 is 2.12 bits per heavy atom. The molecule has 0 aromatic heterocycles. The van der Waals surface area contributed by atoms with E-state index in [4.69, 9.17) is 5.11 Å². The summed E-state index contributed by atoms with van der Waals surface area (Å²) in [5.41, 5.74) is -0.712. The zero-order chi connectivity index (χ0) is 12.4. The Hall–Kier alpha value is -0.620. The third-order valence-electron chi connectivity index (χ3n) is 3.23. The topological polar surface area (TPSA) is 74.7 Å². The molecule has 1 N–H and O–H groups in total. The molecule has 1 atom stereocenters. The maximum Gasteiger partial charge on any atom is 0.310 e. The molecule has 0 saturated carbocycles. The summed E-state index contributed by atoms with van der Waals surface area (Å²) in [5, 5.41) is 9.02. The van der Waals surface area contributed by atoms with Gasteiger partial charge in [-0.3, -0.25) is 4.79 Å². The highest BCUT2D eigenvalue weighted by molar-refractivity contribution is 7.91. The molecular weight excluding hydrogens is 230 g/mol. The molecule has 1 rings (SSSR count). The van der Waals surface area contributed by atoms with E-state index in [0.29, 0.717) is 26.1 Å². The first-order valence-corrected chi connectivity index (χ1v) is 7.27. The number of rotatable bonds is 5. The molecule has 5 nitrogen and oxygen atoms in total. The van der Waals surface area contributed by atoms with Gasteiger partial charge in [0.2, 0.25) is 0 Å². The van der Waals surface area contributed by atoms with Crippen LogP contribution in [0.15, 0.2) is 0 Å². The quantitative estimate of drug-likeness (QED) is 0.754. The van der Waals surface area contributed by atoms with E-state index in [1.165, 1.54) is 0 Å². The number of hydrogen-bond acceptors (Lipinski definition) is 4. The smallest absolute Gasteiger partial charge is 0.310 e. The Balaban J connectivity index is 2.47. The van der Waals surface area contributed by atoms with Crippen LogP contribution in [0.2, 0.25) is 0 Å². The number of hydrogen-bond donors (Lipinski definition) is 1. The van der Waals surface area contributed by atoms with Crippen LogP contribution < -0.4 is 0 Å². The predicted octanol–water partition coefficient (Wildman–Crippen LogP) is 0.218. The minimum Gasteiger partial charge on any atom is -0.481 e. The van der Waals surface area contributed by atoms with Gasteiger partial charge in [0, 0.05) is 18.8 Å². The number of carboxylic acid groups (broad SMARTS) is 1. The van der Waals surface area contributed by atoms with Crippen molar-refractivity contribution in [3.05, 3.63) is 0 Å². The van der Waals surface area contributed by atoms with Crippen molar-refractivity contribution in [1.29, 1.82) is 0 Å². The molecule has 0 aliphatic carbocycles. The van der Waals surface area contributed by atoms with Crippen LogP contribution in [0.5, 0.6) is 0 Å². The Bertz CT molecular complexity index is 365. The van der Waals surface area contributed by atoms with Crippen LogP contribution in [-0.4, -0.2) is 55.5 Å². The van der Waals surface area contributed by atoms with Crippen molar-refractivity contribution in [3.8, 4) is 0 Å². The van der Waals surface area contributed by atoms with E-state index in [-0.39, 0.29) is 11.5 Å². The van der Waals surface area contributed by atoms with Gasteiger partial charge < -0.3 is 10.0 Å². The summed E-state index contributed by atoms with van der Waals surface area (Å²) in [5.74, 6) is -0.524. The molecule has 94 valence electrons. The Labute approximate surface area is 96.4 Å². The summed E-state index contributed by atoms with van der Waals surface area (Å²) in [6, 6.07) is 0. The molecule has 1 saturated heterocycles. The lowest BCUT2D eigenvalue weighted by atomic mass is 9.90. The van der Waals surface area contributed by atoms with Gasteiger partial charge in [0.15, 0.2) is 9.84 Å². The van der Waals surface area contributed by atoms with Crippen molar-refractivity contribution in [3.63, 3.8) is 0 Å². The van der Waals surface area contributed by atoms with Crippen LogP contribution >= 0.6 is 0 Å². The summed E-state index contributed by atoms with van der Waals surface area (Å²) in [6.45, 7) is 4.90. The second-order valence-corrected chi connectivity index (χ2v) is 7.10. The molecule has 1 heterocycles. The average molecular weight is 249 g/mol. The fraction of sp³-hybridized carbons (Fsp3) is 0.900. The highest BCUT2D eigenvalue weighted by Crippen LogP contribution is 2.29. The first-order chi connectivity index (χ1) is 7.29. The molecule has 0 radical (unpaired) electrons. The lowest BCUT2D eigenvalue weighted by molar-refractivity contribution is -0.147. The maximum atomic E-state index is 11.3. The summed E-state index contributed by atoms with van der Waals surface area (Å²) >= 11 is 0. The number of likely N-dealkylation sites (tertiary alicyclic amines) is 1. The van der Waals surface area contributed by atoms with Crippen LogP contribution in [0.1, 0.15) is 20.3 Å². The van der Waals surface area contributed by atoms with E-state index in [1.807, 2.05) is 4.90 Å². The first-order valence-electron chi connectivity index (χ1n) is 5.45. The van der Waals surface area contributed by atoms with Crippen molar-refractivity contribution in [2.75, 3.05) is 31.1 Å². The second-order valence-electron chi connectivity index (χ2n) is 4.63. The van der Waals surface area contributed by atoms with Gasteiger partial charge in [0.05, 0.1) is 11.2 Å². The average Bonchev–Trinajstić information content (AvgIpc) is 2.59. The zero-order valence-electron chi connectivity index (χ0n) is 9.77. The molecule has 6 heteroatoms. The van der Waals surface area contributed by atoms with Crippen molar-refractivity contribution >= 4 is 15.8 Å². The number of carboxylic acids is 1. The van der Waals surface area contributed by atoms with Crippen LogP contribution in [0.4, 0.5) is 0 Å². The van der Waals surface area contributed by atoms with Crippen LogP contribution in [0, 0.1) is 5.41 Å². The maximum absolute atomic E-state index is 11.3. The molecule has 0 aromatic carbocycles. The third kappa shape index (κ3) is 3.18. The fourth-order valence-corrected chi connectivity index (χ4v) is 2.66. The largest absolute Gasteiger partial charge is 0.481 e. The van der Waals surface area contributed by atoms with Gasteiger partial charge >= 0.3 is 5.97 Å².